The van der Waals surface area contributed by atoms with Crippen molar-refractivity contribution in [3.8, 4) is 0 Å². The van der Waals surface area contributed by atoms with Crippen LogP contribution in [0.15, 0.2) is 0 Å². The van der Waals surface area contributed by atoms with E-state index in [1.807, 2.05) is 0 Å². The molecule has 25 heavy (non-hydrogen) atoms. The lowest BCUT2D eigenvalue weighted by Crippen LogP contribution is -2.28. The van der Waals surface area contributed by atoms with E-state index in [0.717, 1.165) is 25.7 Å². The Morgan fingerprint density at radius 1 is 0.920 bits per heavy atom. The number of hydrogen-bond acceptors (Lipinski definition) is 3. The summed E-state index contributed by atoms with van der Waals surface area (Å²) >= 11 is 1.56. The molecule has 0 heterocycles. The first kappa shape index (κ1) is 25.2. The molecule has 0 saturated heterocycles. The van der Waals surface area contributed by atoms with Crippen LogP contribution in [-0.4, -0.2) is 25.5 Å². The number of rotatable bonds is 17. The van der Waals surface area contributed by atoms with Crippen molar-refractivity contribution in [2.24, 2.45) is 0 Å². The largest absolute Gasteiger partial charge is 0.414 e. The molecule has 4 heteroatoms. The summed E-state index contributed by atoms with van der Waals surface area (Å²) in [7, 11) is -0.657. The van der Waals surface area contributed by atoms with Gasteiger partial charge in [0.1, 0.15) is 0 Å². The Bertz CT molecular complexity index is 306. The van der Waals surface area contributed by atoms with E-state index in [-0.39, 0.29) is 0 Å². The fourth-order valence-electron chi connectivity index (χ4n) is 3.16. The minimum atomic E-state index is -0.657. The van der Waals surface area contributed by atoms with Crippen LogP contribution in [0, 0.1) is 0 Å². The number of carbonyl (C=O) groups excluding carboxylic acids is 1. The van der Waals surface area contributed by atoms with Gasteiger partial charge < -0.3 is 4.43 Å². The third-order valence-corrected chi connectivity index (χ3v) is 8.26. The van der Waals surface area contributed by atoms with Crippen molar-refractivity contribution in [2.45, 2.75) is 129 Å². The SMILES string of the molecule is CCCCCCCC(=O)SC(C)CC(CCC)O[Si](CCC)CCC. The second-order valence-corrected chi connectivity index (χ2v) is 11.1. The molecule has 0 fully saturated rings. The van der Waals surface area contributed by atoms with Crippen LogP contribution in [0.3, 0.4) is 0 Å². The maximum atomic E-state index is 12.2. The summed E-state index contributed by atoms with van der Waals surface area (Å²) in [6.07, 6.45) is 13.0. The molecule has 0 bridgehead atoms. The van der Waals surface area contributed by atoms with E-state index in [9.17, 15) is 4.79 Å². The van der Waals surface area contributed by atoms with Gasteiger partial charge in [-0.05, 0) is 31.4 Å². The summed E-state index contributed by atoms with van der Waals surface area (Å²) in [5.74, 6) is 0. The van der Waals surface area contributed by atoms with Crippen LogP contribution >= 0.6 is 11.8 Å². The zero-order chi connectivity index (χ0) is 18.9. The summed E-state index contributed by atoms with van der Waals surface area (Å²) in [6, 6.07) is 2.52. The first-order chi connectivity index (χ1) is 12.1. The van der Waals surface area contributed by atoms with E-state index in [2.05, 4.69) is 34.6 Å². The topological polar surface area (TPSA) is 26.3 Å². The Labute approximate surface area is 164 Å². The molecule has 2 atom stereocenters. The molecule has 0 aliphatic rings. The first-order valence-electron chi connectivity index (χ1n) is 10.8. The zero-order valence-corrected chi connectivity index (χ0v) is 19.4. The molecular weight excluding hydrogens is 344 g/mol. The zero-order valence-electron chi connectivity index (χ0n) is 17.6. The molecule has 149 valence electrons. The fourth-order valence-corrected chi connectivity index (χ4v) is 6.47. The van der Waals surface area contributed by atoms with Crippen LogP contribution in [-0.2, 0) is 9.22 Å². The minimum absolute atomic E-state index is 0.358. The molecule has 0 spiro atoms. The summed E-state index contributed by atoms with van der Waals surface area (Å²) < 4.78 is 6.53. The molecule has 0 amide bonds. The highest BCUT2D eigenvalue weighted by molar-refractivity contribution is 8.14. The number of hydrogen-bond donors (Lipinski definition) is 0. The number of carbonyl (C=O) groups is 1. The standard InChI is InChI=1S/C21H43O2SSi/c1-6-10-11-12-13-15-21(22)24-19(5)18-20(14-7-2)23-25(16-8-3)17-9-4/h19-20H,6-18H2,1-5H3. The molecule has 0 aliphatic carbocycles. The molecule has 0 rings (SSSR count). The van der Waals surface area contributed by atoms with Gasteiger partial charge >= 0.3 is 0 Å². The Morgan fingerprint density at radius 3 is 2.12 bits per heavy atom. The van der Waals surface area contributed by atoms with E-state index in [0.29, 0.717) is 16.5 Å². The van der Waals surface area contributed by atoms with Crippen LogP contribution in [0.25, 0.3) is 0 Å². The van der Waals surface area contributed by atoms with E-state index in [4.69, 9.17) is 4.43 Å². The van der Waals surface area contributed by atoms with Crippen molar-refractivity contribution >= 4 is 25.9 Å². The predicted octanol–water partition coefficient (Wildman–Crippen LogP) is 7.38. The van der Waals surface area contributed by atoms with Gasteiger partial charge in [-0.15, -0.1) is 0 Å². The normalized spacial score (nSPS) is 14.0. The van der Waals surface area contributed by atoms with Gasteiger partial charge in [-0.3, -0.25) is 4.79 Å². The summed E-state index contributed by atoms with van der Waals surface area (Å²) in [6.45, 7) is 11.2. The van der Waals surface area contributed by atoms with Gasteiger partial charge in [-0.25, -0.2) is 0 Å². The van der Waals surface area contributed by atoms with Crippen LogP contribution in [0.4, 0.5) is 0 Å². The lowest BCUT2D eigenvalue weighted by molar-refractivity contribution is -0.111. The Balaban J connectivity index is 4.19. The van der Waals surface area contributed by atoms with Crippen molar-refractivity contribution in [3.05, 3.63) is 0 Å². The second-order valence-electron chi connectivity index (χ2n) is 7.27. The van der Waals surface area contributed by atoms with Gasteiger partial charge in [0.2, 0.25) is 9.04 Å². The van der Waals surface area contributed by atoms with E-state index < -0.39 is 9.04 Å². The van der Waals surface area contributed by atoms with Gasteiger partial charge in [-0.1, -0.05) is 91.3 Å². The summed E-state index contributed by atoms with van der Waals surface area (Å²) in [5, 5.41) is 0.762. The van der Waals surface area contributed by atoms with Gasteiger partial charge in [-0.2, -0.15) is 0 Å². The average molecular weight is 388 g/mol. The van der Waals surface area contributed by atoms with E-state index >= 15 is 0 Å². The highest BCUT2D eigenvalue weighted by Crippen LogP contribution is 2.24. The molecule has 0 aromatic heterocycles. The van der Waals surface area contributed by atoms with Gasteiger partial charge in [0.25, 0.3) is 0 Å². The van der Waals surface area contributed by atoms with Gasteiger partial charge in [0.15, 0.2) is 5.12 Å². The van der Waals surface area contributed by atoms with E-state index in [1.165, 1.54) is 57.0 Å². The molecule has 0 aromatic rings. The third-order valence-electron chi connectivity index (χ3n) is 4.41. The summed E-state index contributed by atoms with van der Waals surface area (Å²) in [5.41, 5.74) is 0. The van der Waals surface area contributed by atoms with Crippen LogP contribution in [0.5, 0.6) is 0 Å². The fraction of sp³-hybridized carbons (Fsp3) is 0.952. The molecule has 0 aliphatic heterocycles. The van der Waals surface area contributed by atoms with Crippen LogP contribution in [0.2, 0.25) is 12.1 Å². The van der Waals surface area contributed by atoms with Gasteiger partial charge in [0, 0.05) is 17.8 Å². The first-order valence-corrected chi connectivity index (χ1v) is 13.5. The molecule has 2 nitrogen and oxygen atoms in total. The van der Waals surface area contributed by atoms with Crippen LogP contribution in [0.1, 0.15) is 105 Å². The van der Waals surface area contributed by atoms with Gasteiger partial charge in [0.05, 0.1) is 0 Å². The second kappa shape index (κ2) is 17.6. The Kier molecular flexibility index (Phi) is 17.7. The highest BCUT2D eigenvalue weighted by Gasteiger charge is 2.21. The van der Waals surface area contributed by atoms with E-state index in [1.54, 1.807) is 11.8 Å². The highest BCUT2D eigenvalue weighted by atomic mass is 32.2. The quantitative estimate of drug-likeness (QED) is 0.192. The van der Waals surface area contributed by atoms with Crippen molar-refractivity contribution in [2.75, 3.05) is 0 Å². The number of unbranched alkanes of at least 4 members (excludes halogenated alkanes) is 4. The monoisotopic (exact) mass is 387 g/mol. The van der Waals surface area contributed by atoms with Crippen molar-refractivity contribution in [1.82, 2.24) is 0 Å². The molecule has 0 aromatic carbocycles. The maximum Gasteiger partial charge on any atom is 0.211 e. The predicted molar refractivity (Wildman–Crippen MR) is 116 cm³/mol. The van der Waals surface area contributed by atoms with Crippen molar-refractivity contribution in [1.29, 1.82) is 0 Å². The molecular formula is C21H43O2SSi. The maximum absolute atomic E-state index is 12.2. The van der Waals surface area contributed by atoms with Crippen molar-refractivity contribution < 1.29 is 9.22 Å². The third kappa shape index (κ3) is 15.0. The molecule has 0 saturated carbocycles. The average Bonchev–Trinajstić information content (AvgIpc) is 2.55. The molecule has 2 unspecified atom stereocenters. The lowest BCUT2D eigenvalue weighted by atomic mass is 10.1. The number of thioether (sulfide) groups is 1. The molecule has 0 N–H and O–H groups in total. The minimum Gasteiger partial charge on any atom is -0.414 e. The van der Waals surface area contributed by atoms with Crippen molar-refractivity contribution in [3.63, 3.8) is 0 Å². The Morgan fingerprint density at radius 2 is 1.56 bits per heavy atom. The smallest absolute Gasteiger partial charge is 0.211 e. The lowest BCUT2D eigenvalue weighted by Gasteiger charge is -2.25. The van der Waals surface area contributed by atoms with Crippen LogP contribution < -0.4 is 0 Å². The summed E-state index contributed by atoms with van der Waals surface area (Å²) in [4.78, 5) is 12.2. The Hall–Kier alpha value is 0.197. The molecule has 1 radical (unpaired) electrons.